The van der Waals surface area contributed by atoms with Gasteiger partial charge in [-0.25, -0.2) is 4.98 Å². The first-order chi connectivity index (χ1) is 20.8. The first kappa shape index (κ1) is 29.3. The molecule has 0 saturated heterocycles. The summed E-state index contributed by atoms with van der Waals surface area (Å²) >= 11 is 0. The van der Waals surface area contributed by atoms with E-state index in [9.17, 15) is 9.59 Å². The number of benzene rings is 4. The van der Waals surface area contributed by atoms with Crippen LogP contribution in [0.5, 0.6) is 11.5 Å². The lowest BCUT2D eigenvalue weighted by atomic mass is 9.96. The maximum Gasteiger partial charge on any atom is 0.282 e. The molecule has 0 aliphatic heterocycles. The van der Waals surface area contributed by atoms with Crippen molar-refractivity contribution in [2.45, 2.75) is 33.6 Å². The van der Waals surface area contributed by atoms with E-state index in [-0.39, 0.29) is 24.0 Å². The van der Waals surface area contributed by atoms with Gasteiger partial charge in [-0.3, -0.25) is 9.59 Å². The van der Waals surface area contributed by atoms with Crippen LogP contribution < -0.4 is 20.3 Å². The molecule has 8 heteroatoms. The summed E-state index contributed by atoms with van der Waals surface area (Å²) in [4.78, 5) is 31.3. The van der Waals surface area contributed by atoms with Crippen molar-refractivity contribution in [2.24, 2.45) is 5.10 Å². The minimum Gasteiger partial charge on any atom is -0.496 e. The average Bonchev–Trinajstić information content (AvgIpc) is 3.00. The van der Waals surface area contributed by atoms with E-state index in [1.807, 2.05) is 80.6 Å². The van der Waals surface area contributed by atoms with Gasteiger partial charge in [-0.05, 0) is 78.9 Å². The number of ether oxygens (including phenoxy) is 2. The van der Waals surface area contributed by atoms with Gasteiger partial charge in [0.15, 0.2) is 12.4 Å². The molecule has 5 rings (SSSR count). The number of anilines is 1. The van der Waals surface area contributed by atoms with Crippen LogP contribution in [0.4, 0.5) is 5.69 Å². The normalized spacial score (nSPS) is 11.3. The van der Waals surface area contributed by atoms with Crippen LogP contribution in [0.2, 0.25) is 0 Å². The van der Waals surface area contributed by atoms with Gasteiger partial charge in [-0.1, -0.05) is 56.3 Å². The van der Waals surface area contributed by atoms with E-state index >= 15 is 0 Å². The predicted octanol–water partition coefficient (Wildman–Crippen LogP) is 6.71. The fourth-order valence-corrected chi connectivity index (χ4v) is 4.85. The average molecular weight is 575 g/mol. The van der Waals surface area contributed by atoms with Crippen molar-refractivity contribution in [3.8, 4) is 22.9 Å². The van der Waals surface area contributed by atoms with Crippen LogP contribution in [0.25, 0.3) is 22.3 Å². The monoisotopic (exact) mass is 574 g/mol. The number of hydrogen-bond donors (Lipinski definition) is 1. The molecular formula is C35H34N4O4. The van der Waals surface area contributed by atoms with Crippen LogP contribution in [0, 0.1) is 13.8 Å². The van der Waals surface area contributed by atoms with E-state index in [4.69, 9.17) is 14.5 Å². The largest absolute Gasteiger partial charge is 0.496 e. The number of amides is 1. The molecule has 1 aromatic heterocycles. The first-order valence-electron chi connectivity index (χ1n) is 14.1. The van der Waals surface area contributed by atoms with Gasteiger partial charge in [0.2, 0.25) is 0 Å². The van der Waals surface area contributed by atoms with Crippen molar-refractivity contribution in [3.63, 3.8) is 0 Å². The molecule has 4 aromatic carbocycles. The van der Waals surface area contributed by atoms with E-state index in [0.29, 0.717) is 28.0 Å². The van der Waals surface area contributed by atoms with Gasteiger partial charge in [0.25, 0.3) is 11.5 Å². The summed E-state index contributed by atoms with van der Waals surface area (Å²) in [5.74, 6) is 1.56. The van der Waals surface area contributed by atoms with E-state index in [1.54, 1.807) is 31.5 Å². The Morgan fingerprint density at radius 1 is 0.953 bits per heavy atom. The number of carbonyl (C=O) groups excluding carboxylic acids is 1. The second-order valence-corrected chi connectivity index (χ2v) is 10.6. The van der Waals surface area contributed by atoms with Gasteiger partial charge in [-0.2, -0.15) is 9.78 Å². The van der Waals surface area contributed by atoms with Crippen molar-refractivity contribution in [2.75, 3.05) is 19.0 Å². The summed E-state index contributed by atoms with van der Waals surface area (Å²) < 4.78 is 12.8. The summed E-state index contributed by atoms with van der Waals surface area (Å²) in [7, 11) is 1.65. The molecule has 0 unspecified atom stereocenters. The summed E-state index contributed by atoms with van der Waals surface area (Å²) in [5.41, 5.74) is 5.26. The summed E-state index contributed by atoms with van der Waals surface area (Å²) in [6, 6.07) is 26.0. The third kappa shape index (κ3) is 6.33. The maximum absolute atomic E-state index is 13.8. The highest BCUT2D eigenvalue weighted by atomic mass is 16.5. The molecule has 218 valence electrons. The molecule has 0 fully saturated rings. The minimum absolute atomic E-state index is 0.186. The second kappa shape index (κ2) is 12.7. The second-order valence-electron chi connectivity index (χ2n) is 10.6. The highest BCUT2D eigenvalue weighted by Gasteiger charge is 2.18. The van der Waals surface area contributed by atoms with Crippen molar-refractivity contribution in [1.29, 1.82) is 0 Å². The Hall–Kier alpha value is -5.24. The number of para-hydroxylation sites is 3. The maximum atomic E-state index is 13.8. The SMILES string of the molecule is COc1cc(C)c(-c2nc3ccccc3c(=O)n2N=Cc2ccccc2OCC(=O)Nc2ccccc2C)cc1C(C)C. The highest BCUT2D eigenvalue weighted by molar-refractivity contribution is 5.93. The van der Waals surface area contributed by atoms with Crippen LogP contribution in [0.15, 0.2) is 94.8 Å². The third-order valence-corrected chi connectivity index (χ3v) is 7.20. The molecule has 1 N–H and O–H groups in total. The number of rotatable bonds is 9. The molecule has 0 radical (unpaired) electrons. The third-order valence-electron chi connectivity index (χ3n) is 7.20. The molecule has 8 nitrogen and oxygen atoms in total. The van der Waals surface area contributed by atoms with Gasteiger partial charge in [0.05, 0.1) is 24.2 Å². The Morgan fingerprint density at radius 2 is 1.67 bits per heavy atom. The van der Waals surface area contributed by atoms with Gasteiger partial charge in [-0.15, -0.1) is 0 Å². The van der Waals surface area contributed by atoms with Crippen LogP contribution in [-0.4, -0.2) is 35.5 Å². The zero-order valence-corrected chi connectivity index (χ0v) is 24.9. The van der Waals surface area contributed by atoms with E-state index in [2.05, 4.69) is 24.3 Å². The standard InChI is InChI=1S/C35H34N4O4/c1-22(2)27-19-28(24(4)18-32(27)42-5)34-38-30-16-10-8-14-26(30)35(41)39(34)36-20-25-13-7-11-17-31(25)43-21-33(40)37-29-15-9-6-12-23(29)3/h6-20,22H,21H2,1-5H3,(H,37,40). The van der Waals surface area contributed by atoms with Crippen LogP contribution in [0.3, 0.4) is 0 Å². The quantitative estimate of drug-likeness (QED) is 0.197. The van der Waals surface area contributed by atoms with Gasteiger partial charge in [0.1, 0.15) is 11.5 Å². The zero-order chi connectivity index (χ0) is 30.5. The first-order valence-corrected chi connectivity index (χ1v) is 14.1. The van der Waals surface area contributed by atoms with Crippen molar-refractivity contribution >= 4 is 28.7 Å². The Kier molecular flexibility index (Phi) is 8.66. The molecular weight excluding hydrogens is 540 g/mol. The lowest BCUT2D eigenvalue weighted by molar-refractivity contribution is -0.118. The molecule has 1 amide bonds. The fourth-order valence-electron chi connectivity index (χ4n) is 4.85. The smallest absolute Gasteiger partial charge is 0.282 e. The van der Waals surface area contributed by atoms with Gasteiger partial charge in [0, 0.05) is 16.8 Å². The Bertz CT molecular complexity index is 1890. The van der Waals surface area contributed by atoms with Crippen LogP contribution >= 0.6 is 0 Å². The number of carbonyl (C=O) groups is 1. The zero-order valence-electron chi connectivity index (χ0n) is 24.9. The molecule has 5 aromatic rings. The topological polar surface area (TPSA) is 94.8 Å². The Morgan fingerprint density at radius 3 is 2.44 bits per heavy atom. The van der Waals surface area contributed by atoms with Crippen molar-refractivity contribution in [1.82, 2.24) is 9.66 Å². The van der Waals surface area contributed by atoms with E-state index in [1.165, 1.54) is 4.68 Å². The Balaban J connectivity index is 1.52. The van der Waals surface area contributed by atoms with Gasteiger partial charge < -0.3 is 14.8 Å². The number of aryl methyl sites for hydroxylation is 2. The van der Waals surface area contributed by atoms with Crippen LogP contribution in [-0.2, 0) is 4.79 Å². The summed E-state index contributed by atoms with van der Waals surface area (Å²) in [6.07, 6.45) is 1.55. The minimum atomic E-state index is -0.297. The van der Waals surface area contributed by atoms with Crippen molar-refractivity contribution in [3.05, 3.63) is 118 Å². The fraction of sp³-hybridized carbons (Fsp3) is 0.200. The summed E-state index contributed by atoms with van der Waals surface area (Å²) in [6.45, 7) is 7.88. The Labute approximate surface area is 250 Å². The lowest BCUT2D eigenvalue weighted by Crippen LogP contribution is -2.21. The molecule has 0 aliphatic rings. The molecule has 43 heavy (non-hydrogen) atoms. The summed E-state index contributed by atoms with van der Waals surface area (Å²) in [5, 5.41) is 7.96. The predicted molar refractivity (Wildman–Crippen MR) is 172 cm³/mol. The molecule has 1 heterocycles. The number of hydrogen-bond acceptors (Lipinski definition) is 6. The molecule has 0 bridgehead atoms. The highest BCUT2D eigenvalue weighted by Crippen LogP contribution is 2.34. The lowest BCUT2D eigenvalue weighted by Gasteiger charge is -2.17. The van der Waals surface area contributed by atoms with Gasteiger partial charge >= 0.3 is 0 Å². The molecule has 0 saturated carbocycles. The molecule has 0 atom stereocenters. The van der Waals surface area contributed by atoms with E-state index < -0.39 is 0 Å². The number of nitrogens with zero attached hydrogens (tertiary/aromatic N) is 3. The number of methoxy groups -OCH3 is 1. The van der Waals surface area contributed by atoms with Crippen molar-refractivity contribution < 1.29 is 14.3 Å². The molecule has 0 aliphatic carbocycles. The van der Waals surface area contributed by atoms with E-state index in [0.717, 1.165) is 33.7 Å². The number of nitrogens with one attached hydrogen (secondary N) is 1. The van der Waals surface area contributed by atoms with Crippen LogP contribution in [0.1, 0.15) is 42.0 Å². The molecule has 0 spiro atoms. The number of fused-ring (bicyclic) bond motifs is 1. The number of aromatic nitrogens is 2.